The molecule has 0 saturated heterocycles. The molecule has 2 aromatic heterocycles. The number of fused-ring (bicyclic) bond motifs is 1. The topological polar surface area (TPSA) is 86.2 Å². The Balaban J connectivity index is 1.59. The fourth-order valence-corrected chi connectivity index (χ4v) is 3.61. The third-order valence-corrected chi connectivity index (χ3v) is 5.40. The smallest absolute Gasteiger partial charge is 0.258 e. The summed E-state index contributed by atoms with van der Waals surface area (Å²) in [5.74, 6) is 0.701. The van der Waals surface area contributed by atoms with E-state index < -0.39 is 4.92 Å². The van der Waals surface area contributed by atoms with Gasteiger partial charge in [0.2, 0.25) is 4.96 Å². The second kappa shape index (κ2) is 7.21. The summed E-state index contributed by atoms with van der Waals surface area (Å²) < 4.78 is 1.74. The molecule has 0 atom stereocenters. The monoisotopic (exact) mass is 405 g/mol. The first kappa shape index (κ1) is 18.9. The van der Waals surface area contributed by atoms with Crippen LogP contribution in [0.3, 0.4) is 0 Å². The van der Waals surface area contributed by atoms with Crippen LogP contribution >= 0.6 is 11.3 Å². The molecule has 0 aliphatic rings. The summed E-state index contributed by atoms with van der Waals surface area (Å²) in [5, 5.41) is 24.6. The first-order valence-corrected chi connectivity index (χ1v) is 9.88. The molecule has 0 N–H and O–H groups in total. The number of aromatic nitrogens is 4. The Labute approximate surface area is 171 Å². The molecule has 146 valence electrons. The van der Waals surface area contributed by atoms with Crippen LogP contribution in [-0.4, -0.2) is 24.7 Å². The van der Waals surface area contributed by atoms with Crippen molar-refractivity contribution in [2.75, 3.05) is 0 Å². The Morgan fingerprint density at radius 2 is 1.69 bits per heavy atom. The molecule has 4 rings (SSSR count). The summed E-state index contributed by atoms with van der Waals surface area (Å²) >= 11 is 1.43. The zero-order valence-corrected chi connectivity index (χ0v) is 17.1. The molecule has 0 spiro atoms. The average Bonchev–Trinajstić information content (AvgIpc) is 3.26. The van der Waals surface area contributed by atoms with Gasteiger partial charge in [0.25, 0.3) is 5.69 Å². The first-order chi connectivity index (χ1) is 13.8. The normalized spacial score (nSPS) is 12.1. The van der Waals surface area contributed by atoms with Gasteiger partial charge in [-0.1, -0.05) is 62.4 Å². The van der Waals surface area contributed by atoms with Gasteiger partial charge in [-0.25, -0.2) is 0 Å². The molecule has 0 radical (unpaired) electrons. The van der Waals surface area contributed by atoms with Gasteiger partial charge < -0.3 is 0 Å². The summed E-state index contributed by atoms with van der Waals surface area (Å²) in [6.45, 7) is 6.55. The van der Waals surface area contributed by atoms with Crippen molar-refractivity contribution in [1.29, 1.82) is 0 Å². The Morgan fingerprint density at radius 1 is 1.00 bits per heavy atom. The van der Waals surface area contributed by atoms with Crippen LogP contribution in [0.15, 0.2) is 48.5 Å². The fourth-order valence-electron chi connectivity index (χ4n) is 2.87. The van der Waals surface area contributed by atoms with E-state index >= 15 is 0 Å². The third kappa shape index (κ3) is 3.93. The van der Waals surface area contributed by atoms with Crippen LogP contribution in [-0.2, 0) is 5.41 Å². The number of hydrogen-bond donors (Lipinski definition) is 0. The van der Waals surface area contributed by atoms with Gasteiger partial charge in [0.05, 0.1) is 4.92 Å². The molecule has 8 heteroatoms. The van der Waals surface area contributed by atoms with E-state index in [-0.39, 0.29) is 11.1 Å². The minimum absolute atomic E-state index is 0.0723. The maximum atomic E-state index is 10.7. The summed E-state index contributed by atoms with van der Waals surface area (Å²) in [5.41, 5.74) is 3.24. The first-order valence-electron chi connectivity index (χ1n) is 9.07. The highest BCUT2D eigenvalue weighted by molar-refractivity contribution is 7.17. The van der Waals surface area contributed by atoms with Crippen molar-refractivity contribution in [2.45, 2.75) is 26.2 Å². The minimum Gasteiger partial charge on any atom is -0.258 e. The van der Waals surface area contributed by atoms with E-state index in [2.05, 4.69) is 48.2 Å². The van der Waals surface area contributed by atoms with E-state index in [0.717, 1.165) is 16.1 Å². The van der Waals surface area contributed by atoms with Crippen molar-refractivity contribution in [3.05, 3.63) is 74.8 Å². The van der Waals surface area contributed by atoms with E-state index in [1.807, 2.05) is 24.3 Å². The lowest BCUT2D eigenvalue weighted by atomic mass is 9.87. The van der Waals surface area contributed by atoms with Gasteiger partial charge in [0.1, 0.15) is 5.01 Å². The molecule has 7 nitrogen and oxygen atoms in total. The van der Waals surface area contributed by atoms with E-state index in [9.17, 15) is 10.1 Å². The van der Waals surface area contributed by atoms with Gasteiger partial charge in [-0.3, -0.25) is 10.1 Å². The summed E-state index contributed by atoms with van der Waals surface area (Å²) in [7, 11) is 0. The molecule has 2 heterocycles. The molecular formula is C21H19N5O2S. The van der Waals surface area contributed by atoms with Crippen LogP contribution in [0.2, 0.25) is 0 Å². The van der Waals surface area contributed by atoms with Crippen LogP contribution in [0.25, 0.3) is 28.5 Å². The van der Waals surface area contributed by atoms with Crippen LogP contribution < -0.4 is 0 Å². The molecule has 0 saturated carbocycles. The minimum atomic E-state index is -0.411. The number of hydrogen-bond acceptors (Lipinski definition) is 6. The molecule has 29 heavy (non-hydrogen) atoms. The lowest BCUT2D eigenvalue weighted by Crippen LogP contribution is -2.10. The van der Waals surface area contributed by atoms with Crippen LogP contribution in [0, 0.1) is 10.1 Å². The predicted molar refractivity (Wildman–Crippen MR) is 115 cm³/mol. The molecule has 2 aromatic carbocycles. The molecule has 0 fully saturated rings. The van der Waals surface area contributed by atoms with Crippen LogP contribution in [0.1, 0.15) is 36.9 Å². The summed E-state index contributed by atoms with van der Waals surface area (Å²) in [6, 6.07) is 14.7. The van der Waals surface area contributed by atoms with Gasteiger partial charge in [-0.15, -0.1) is 10.2 Å². The maximum absolute atomic E-state index is 10.7. The Hall–Kier alpha value is -3.39. The van der Waals surface area contributed by atoms with Crippen molar-refractivity contribution < 1.29 is 4.92 Å². The van der Waals surface area contributed by atoms with E-state index in [1.165, 1.54) is 29.0 Å². The summed E-state index contributed by atoms with van der Waals surface area (Å²) in [6.07, 6.45) is 3.74. The molecule has 0 amide bonds. The highest BCUT2D eigenvalue weighted by Crippen LogP contribution is 2.27. The van der Waals surface area contributed by atoms with Gasteiger partial charge in [-0.2, -0.15) is 9.61 Å². The zero-order valence-electron chi connectivity index (χ0n) is 16.2. The molecule has 0 bridgehead atoms. The average molecular weight is 405 g/mol. The van der Waals surface area contributed by atoms with Gasteiger partial charge >= 0.3 is 0 Å². The SMILES string of the molecule is CC(C)(C)c1ccc(-c2nnc3sc(/C=C/c4ccc([N+](=O)[O-])cc4)nn23)cc1. The van der Waals surface area contributed by atoms with Crippen LogP contribution in [0.5, 0.6) is 0 Å². The van der Waals surface area contributed by atoms with E-state index in [1.54, 1.807) is 16.6 Å². The largest absolute Gasteiger partial charge is 0.269 e. The zero-order chi connectivity index (χ0) is 20.6. The van der Waals surface area contributed by atoms with Crippen molar-refractivity contribution in [3.8, 4) is 11.4 Å². The predicted octanol–water partition coefficient (Wildman–Crippen LogP) is 5.23. The summed E-state index contributed by atoms with van der Waals surface area (Å²) in [4.78, 5) is 11.0. The number of benzene rings is 2. The Kier molecular flexibility index (Phi) is 4.71. The number of nitrogens with zero attached hydrogens (tertiary/aromatic N) is 5. The number of non-ortho nitro benzene ring substituents is 1. The number of nitro groups is 1. The third-order valence-electron chi connectivity index (χ3n) is 4.54. The quantitative estimate of drug-likeness (QED) is 0.343. The maximum Gasteiger partial charge on any atom is 0.269 e. The van der Waals surface area contributed by atoms with Crippen molar-refractivity contribution in [3.63, 3.8) is 0 Å². The number of nitro benzene ring substituents is 1. The van der Waals surface area contributed by atoms with Crippen molar-refractivity contribution >= 4 is 34.1 Å². The molecule has 0 aliphatic heterocycles. The molecule has 4 aromatic rings. The van der Waals surface area contributed by atoms with E-state index in [4.69, 9.17) is 0 Å². The second-order valence-corrected chi connectivity index (χ2v) is 8.66. The standard InChI is InChI=1S/C21H19N5O2S/c1-21(2,3)16-9-7-15(8-10-16)19-22-23-20-25(19)24-18(29-20)13-6-14-4-11-17(12-5-14)26(27)28/h4-13H,1-3H3/b13-6+. The highest BCUT2D eigenvalue weighted by Gasteiger charge is 2.16. The lowest BCUT2D eigenvalue weighted by Gasteiger charge is -2.18. The van der Waals surface area contributed by atoms with Gasteiger partial charge in [-0.05, 0) is 34.8 Å². The molecular weight excluding hydrogens is 386 g/mol. The Morgan fingerprint density at radius 3 is 2.31 bits per heavy atom. The lowest BCUT2D eigenvalue weighted by molar-refractivity contribution is -0.384. The van der Waals surface area contributed by atoms with Crippen molar-refractivity contribution in [1.82, 2.24) is 19.8 Å². The van der Waals surface area contributed by atoms with Gasteiger partial charge in [0, 0.05) is 17.7 Å². The van der Waals surface area contributed by atoms with E-state index in [0.29, 0.717) is 10.8 Å². The second-order valence-electron chi connectivity index (χ2n) is 7.67. The molecule has 0 unspecified atom stereocenters. The van der Waals surface area contributed by atoms with Crippen molar-refractivity contribution in [2.24, 2.45) is 0 Å². The number of rotatable bonds is 4. The Bertz CT molecular complexity index is 1200. The van der Waals surface area contributed by atoms with Crippen LogP contribution in [0.4, 0.5) is 5.69 Å². The molecule has 0 aliphatic carbocycles. The fraction of sp³-hybridized carbons (Fsp3) is 0.190. The van der Waals surface area contributed by atoms with Gasteiger partial charge in [0.15, 0.2) is 5.82 Å². The highest BCUT2D eigenvalue weighted by atomic mass is 32.1.